The van der Waals surface area contributed by atoms with Crippen molar-refractivity contribution in [1.29, 1.82) is 0 Å². The Hall–Kier alpha value is -1.99. The molecule has 1 N–H and O–H groups in total. The summed E-state index contributed by atoms with van der Waals surface area (Å²) in [6.45, 7) is 3.52. The summed E-state index contributed by atoms with van der Waals surface area (Å²) in [6, 6.07) is 6.05. The van der Waals surface area contributed by atoms with Gasteiger partial charge >= 0.3 is 0 Å². The van der Waals surface area contributed by atoms with Gasteiger partial charge in [-0.25, -0.2) is 9.37 Å². The molecule has 0 saturated heterocycles. The number of thiazole rings is 1. The lowest BCUT2D eigenvalue weighted by atomic mass is 10.2. The summed E-state index contributed by atoms with van der Waals surface area (Å²) in [7, 11) is 0. The normalized spacial score (nSPS) is 10.8. The number of rotatable bonds is 3. The first-order valence-corrected chi connectivity index (χ1v) is 8.41. The maximum Gasteiger partial charge on any atom is 0.262 e. The number of nitrogens with zero attached hydrogens (tertiary/aromatic N) is 1. The van der Waals surface area contributed by atoms with Crippen molar-refractivity contribution in [2.75, 3.05) is 5.32 Å². The van der Waals surface area contributed by atoms with Crippen LogP contribution in [-0.4, -0.2) is 10.9 Å². The number of furan rings is 1. The molecule has 7 heteroatoms. The molecule has 0 fully saturated rings. The Bertz CT molecular complexity index is 871. The molecule has 2 heterocycles. The maximum atomic E-state index is 13.0. The second kappa shape index (κ2) is 6.25. The molecule has 0 bridgehead atoms. The molecule has 0 aliphatic heterocycles. The molecule has 0 aliphatic carbocycles. The van der Waals surface area contributed by atoms with Gasteiger partial charge in [0.2, 0.25) is 0 Å². The molecule has 3 rings (SSSR count). The molecule has 4 nitrogen and oxygen atoms in total. The summed E-state index contributed by atoms with van der Waals surface area (Å²) < 4.78 is 19.0. The Morgan fingerprint density at radius 1 is 1.26 bits per heavy atom. The first kappa shape index (κ1) is 15.9. The van der Waals surface area contributed by atoms with E-state index in [0.717, 1.165) is 5.56 Å². The van der Waals surface area contributed by atoms with Crippen LogP contribution in [-0.2, 0) is 0 Å². The number of benzene rings is 1. The molecule has 0 unspecified atom stereocenters. The number of amides is 1. The predicted molar refractivity (Wildman–Crippen MR) is 91.3 cm³/mol. The molecule has 1 aromatic carbocycles. The number of nitrogens with one attached hydrogen (secondary N) is 1. The highest BCUT2D eigenvalue weighted by Crippen LogP contribution is 2.29. The molecule has 0 aliphatic rings. The van der Waals surface area contributed by atoms with Gasteiger partial charge in [-0.2, -0.15) is 0 Å². The summed E-state index contributed by atoms with van der Waals surface area (Å²) in [4.78, 5) is 16.7. The van der Waals surface area contributed by atoms with Gasteiger partial charge in [-0.05, 0) is 54.0 Å². The number of halogens is 2. The van der Waals surface area contributed by atoms with Crippen LogP contribution in [0.3, 0.4) is 0 Å². The van der Waals surface area contributed by atoms with E-state index in [0.29, 0.717) is 32.4 Å². The van der Waals surface area contributed by atoms with E-state index in [9.17, 15) is 9.18 Å². The van der Waals surface area contributed by atoms with Crippen molar-refractivity contribution in [2.24, 2.45) is 0 Å². The van der Waals surface area contributed by atoms with E-state index in [2.05, 4.69) is 26.2 Å². The zero-order valence-corrected chi connectivity index (χ0v) is 14.7. The average Bonchev–Trinajstić information content (AvgIpc) is 3.05. The number of carbonyl (C=O) groups is 1. The van der Waals surface area contributed by atoms with Crippen molar-refractivity contribution >= 4 is 38.3 Å². The molecule has 3 aromatic rings. The lowest BCUT2D eigenvalue weighted by molar-refractivity contribution is 0.102. The van der Waals surface area contributed by atoms with Gasteiger partial charge in [-0.1, -0.05) is 0 Å². The first-order chi connectivity index (χ1) is 11.0. The average molecular weight is 395 g/mol. The fourth-order valence-electron chi connectivity index (χ4n) is 2.16. The third-order valence-electron chi connectivity index (χ3n) is 3.28. The second-order valence-corrected chi connectivity index (χ2v) is 6.55. The van der Waals surface area contributed by atoms with Crippen molar-refractivity contribution in [3.8, 4) is 11.3 Å². The van der Waals surface area contributed by atoms with Crippen LogP contribution in [0.1, 0.15) is 21.9 Å². The van der Waals surface area contributed by atoms with Crippen LogP contribution in [0.2, 0.25) is 0 Å². The molecule has 118 valence electrons. The van der Waals surface area contributed by atoms with Crippen LogP contribution in [0.15, 0.2) is 38.5 Å². The molecular weight excluding hydrogens is 383 g/mol. The number of aryl methyl sites for hydroxylation is 2. The molecule has 0 radical (unpaired) electrons. The largest absolute Gasteiger partial charge is 0.465 e. The third-order valence-corrected chi connectivity index (χ3v) is 4.99. The molecule has 0 spiro atoms. The van der Waals surface area contributed by atoms with Crippen LogP contribution in [0, 0.1) is 19.7 Å². The standard InChI is InChI=1S/C16H12BrFN2O2S/c1-8-13(14(17)9(2)22-8)15(21)20-16-19-12(7-23-16)10-3-5-11(18)6-4-10/h3-7H,1-2H3,(H,19,20,21). The van der Waals surface area contributed by atoms with Gasteiger partial charge in [0.05, 0.1) is 15.7 Å². The molecule has 0 saturated carbocycles. The Labute approximate surface area is 144 Å². The number of hydrogen-bond donors (Lipinski definition) is 1. The summed E-state index contributed by atoms with van der Waals surface area (Å²) in [5, 5.41) is 5.04. The zero-order valence-electron chi connectivity index (χ0n) is 12.3. The number of carbonyl (C=O) groups excluding carboxylic acids is 1. The quantitative estimate of drug-likeness (QED) is 0.666. The highest BCUT2D eigenvalue weighted by atomic mass is 79.9. The lowest BCUT2D eigenvalue weighted by Crippen LogP contribution is -2.12. The number of hydrogen-bond acceptors (Lipinski definition) is 4. The predicted octanol–water partition coefficient (Wildman–Crippen LogP) is 5.17. The Morgan fingerprint density at radius 3 is 2.57 bits per heavy atom. The first-order valence-electron chi connectivity index (χ1n) is 6.74. The SMILES string of the molecule is Cc1oc(C)c(C(=O)Nc2nc(-c3ccc(F)cc3)cs2)c1Br. The molecule has 2 aromatic heterocycles. The van der Waals surface area contributed by atoms with Crippen molar-refractivity contribution < 1.29 is 13.6 Å². The smallest absolute Gasteiger partial charge is 0.262 e. The minimum Gasteiger partial charge on any atom is -0.465 e. The van der Waals surface area contributed by atoms with E-state index < -0.39 is 0 Å². The highest BCUT2D eigenvalue weighted by Gasteiger charge is 2.20. The fourth-order valence-corrected chi connectivity index (χ4v) is 3.41. The Balaban J connectivity index is 1.81. The minimum atomic E-state index is -0.298. The Kier molecular flexibility index (Phi) is 4.32. The van der Waals surface area contributed by atoms with Crippen LogP contribution < -0.4 is 5.32 Å². The second-order valence-electron chi connectivity index (χ2n) is 4.90. The molecule has 1 amide bonds. The van der Waals surface area contributed by atoms with Crippen molar-refractivity contribution in [2.45, 2.75) is 13.8 Å². The third kappa shape index (κ3) is 3.20. The fraction of sp³-hybridized carbons (Fsp3) is 0.125. The van der Waals surface area contributed by atoms with E-state index in [1.807, 2.05) is 5.38 Å². The van der Waals surface area contributed by atoms with Crippen LogP contribution >= 0.6 is 27.3 Å². The van der Waals surface area contributed by atoms with E-state index in [1.54, 1.807) is 26.0 Å². The summed E-state index contributed by atoms with van der Waals surface area (Å²) in [6.07, 6.45) is 0. The van der Waals surface area contributed by atoms with E-state index in [1.165, 1.54) is 23.5 Å². The summed E-state index contributed by atoms with van der Waals surface area (Å²) in [5.74, 6) is 0.611. The zero-order chi connectivity index (χ0) is 16.6. The minimum absolute atomic E-state index is 0.286. The van der Waals surface area contributed by atoms with Crippen LogP contribution in [0.25, 0.3) is 11.3 Å². The number of aromatic nitrogens is 1. The van der Waals surface area contributed by atoms with E-state index in [-0.39, 0.29) is 11.7 Å². The molecule has 0 atom stereocenters. The van der Waals surface area contributed by atoms with Crippen LogP contribution in [0.4, 0.5) is 9.52 Å². The van der Waals surface area contributed by atoms with Crippen molar-refractivity contribution in [3.05, 3.63) is 57.0 Å². The highest BCUT2D eigenvalue weighted by molar-refractivity contribution is 9.10. The van der Waals surface area contributed by atoms with E-state index >= 15 is 0 Å². The molecule has 23 heavy (non-hydrogen) atoms. The van der Waals surface area contributed by atoms with Crippen LogP contribution in [0.5, 0.6) is 0 Å². The van der Waals surface area contributed by atoms with Gasteiger partial charge in [-0.15, -0.1) is 11.3 Å². The van der Waals surface area contributed by atoms with Gasteiger partial charge in [-0.3, -0.25) is 10.1 Å². The van der Waals surface area contributed by atoms with Crippen molar-refractivity contribution in [3.63, 3.8) is 0 Å². The summed E-state index contributed by atoms with van der Waals surface area (Å²) >= 11 is 4.66. The van der Waals surface area contributed by atoms with Gasteiger partial charge in [0, 0.05) is 10.9 Å². The van der Waals surface area contributed by atoms with Gasteiger partial charge < -0.3 is 4.42 Å². The van der Waals surface area contributed by atoms with E-state index in [4.69, 9.17) is 4.42 Å². The monoisotopic (exact) mass is 394 g/mol. The Morgan fingerprint density at radius 2 is 1.96 bits per heavy atom. The van der Waals surface area contributed by atoms with Gasteiger partial charge in [0.1, 0.15) is 17.3 Å². The summed E-state index contributed by atoms with van der Waals surface area (Å²) in [5.41, 5.74) is 1.94. The van der Waals surface area contributed by atoms with Gasteiger partial charge in [0.25, 0.3) is 5.91 Å². The van der Waals surface area contributed by atoms with Gasteiger partial charge in [0.15, 0.2) is 5.13 Å². The lowest BCUT2D eigenvalue weighted by Gasteiger charge is -2.01. The number of anilines is 1. The van der Waals surface area contributed by atoms with Crippen molar-refractivity contribution in [1.82, 2.24) is 4.98 Å². The topological polar surface area (TPSA) is 55.1 Å². The molecular formula is C16H12BrFN2O2S. The maximum absolute atomic E-state index is 13.0.